The van der Waals surface area contributed by atoms with E-state index in [0.29, 0.717) is 0 Å². The van der Waals surface area contributed by atoms with Crippen molar-refractivity contribution >= 4 is 11.3 Å². The summed E-state index contributed by atoms with van der Waals surface area (Å²) in [6, 6.07) is 4.25. The Morgan fingerprint density at radius 1 is 1.54 bits per heavy atom. The fourth-order valence-corrected chi connectivity index (χ4v) is 1.75. The van der Waals surface area contributed by atoms with Crippen LogP contribution in [0.5, 0.6) is 0 Å². The molecule has 1 atom stereocenters. The number of nitrogens with one attached hydrogen (secondary N) is 1. The second-order valence-electron chi connectivity index (χ2n) is 4.25. The molecule has 1 aromatic heterocycles. The van der Waals surface area contributed by atoms with E-state index in [9.17, 15) is 0 Å². The van der Waals surface area contributed by atoms with E-state index < -0.39 is 0 Å². The van der Waals surface area contributed by atoms with Gasteiger partial charge in [-0.1, -0.05) is 6.07 Å². The molecule has 0 radical (unpaired) electrons. The topological polar surface area (TPSA) is 38.0 Å². The zero-order valence-corrected chi connectivity index (χ0v) is 9.32. The van der Waals surface area contributed by atoms with Crippen molar-refractivity contribution in [1.82, 2.24) is 5.32 Å². The van der Waals surface area contributed by atoms with Gasteiger partial charge in [0.2, 0.25) is 0 Å². The third kappa shape index (κ3) is 3.89. The molecule has 0 aromatic carbocycles. The lowest BCUT2D eigenvalue weighted by Gasteiger charge is -2.22. The van der Waals surface area contributed by atoms with E-state index in [1.54, 1.807) is 11.3 Å². The van der Waals surface area contributed by atoms with Gasteiger partial charge in [0.25, 0.3) is 0 Å². The fraction of sp³-hybridized carbons (Fsp3) is 0.600. The minimum Gasteiger partial charge on any atom is -0.322 e. The first-order valence-corrected chi connectivity index (χ1v) is 5.41. The van der Waals surface area contributed by atoms with E-state index in [0.717, 1.165) is 6.54 Å². The molecule has 3 N–H and O–H groups in total. The van der Waals surface area contributed by atoms with Crippen LogP contribution < -0.4 is 11.1 Å². The molecule has 3 heteroatoms. The minimum absolute atomic E-state index is 0.124. The van der Waals surface area contributed by atoms with Gasteiger partial charge in [-0.25, -0.2) is 0 Å². The quantitative estimate of drug-likeness (QED) is 0.781. The summed E-state index contributed by atoms with van der Waals surface area (Å²) in [5.74, 6) is 0. The van der Waals surface area contributed by atoms with Gasteiger partial charge in [0, 0.05) is 17.0 Å². The van der Waals surface area contributed by atoms with Crippen molar-refractivity contribution in [3.8, 4) is 0 Å². The SMILES string of the molecule is CC(C)(C)NCC(N)c1cccs1. The van der Waals surface area contributed by atoms with Crippen LogP contribution in [0.4, 0.5) is 0 Å². The smallest absolute Gasteiger partial charge is 0.0516 e. The molecule has 0 bridgehead atoms. The normalized spacial score (nSPS) is 14.5. The van der Waals surface area contributed by atoms with Crippen molar-refractivity contribution in [2.45, 2.75) is 32.4 Å². The molecule has 1 aromatic rings. The molecule has 0 fully saturated rings. The van der Waals surface area contributed by atoms with Gasteiger partial charge in [-0.05, 0) is 32.2 Å². The summed E-state index contributed by atoms with van der Waals surface area (Å²) in [5.41, 5.74) is 6.14. The van der Waals surface area contributed by atoms with Crippen molar-refractivity contribution in [2.75, 3.05) is 6.54 Å². The maximum absolute atomic E-state index is 5.99. The molecule has 0 amide bonds. The van der Waals surface area contributed by atoms with Gasteiger partial charge in [-0.2, -0.15) is 0 Å². The molecule has 13 heavy (non-hydrogen) atoms. The van der Waals surface area contributed by atoms with Crippen LogP contribution in [0.2, 0.25) is 0 Å². The summed E-state index contributed by atoms with van der Waals surface area (Å²) in [6.45, 7) is 7.28. The molecular formula is C10H18N2S. The van der Waals surface area contributed by atoms with E-state index in [-0.39, 0.29) is 11.6 Å². The van der Waals surface area contributed by atoms with Crippen molar-refractivity contribution < 1.29 is 0 Å². The lowest BCUT2D eigenvalue weighted by atomic mass is 10.1. The molecule has 1 unspecified atom stereocenters. The predicted octanol–water partition coefficient (Wildman–Crippen LogP) is 2.14. The standard InChI is InChI=1S/C10H18N2S/c1-10(2,3)12-7-8(11)9-5-4-6-13-9/h4-6,8,12H,7,11H2,1-3H3. The van der Waals surface area contributed by atoms with E-state index >= 15 is 0 Å². The molecule has 0 spiro atoms. The van der Waals surface area contributed by atoms with Crippen LogP contribution >= 0.6 is 11.3 Å². The van der Waals surface area contributed by atoms with Crippen molar-refractivity contribution in [3.05, 3.63) is 22.4 Å². The van der Waals surface area contributed by atoms with Crippen LogP contribution in [0.1, 0.15) is 31.7 Å². The van der Waals surface area contributed by atoms with Gasteiger partial charge in [0.1, 0.15) is 0 Å². The monoisotopic (exact) mass is 198 g/mol. The van der Waals surface area contributed by atoms with Crippen LogP contribution in [0.15, 0.2) is 17.5 Å². The van der Waals surface area contributed by atoms with Gasteiger partial charge < -0.3 is 11.1 Å². The second kappa shape index (κ2) is 4.22. The number of hydrogen-bond acceptors (Lipinski definition) is 3. The zero-order valence-electron chi connectivity index (χ0n) is 8.50. The average molecular weight is 198 g/mol. The number of hydrogen-bond donors (Lipinski definition) is 2. The second-order valence-corrected chi connectivity index (χ2v) is 5.23. The van der Waals surface area contributed by atoms with Crippen molar-refractivity contribution in [1.29, 1.82) is 0 Å². The van der Waals surface area contributed by atoms with Crippen LogP contribution in [-0.2, 0) is 0 Å². The first-order chi connectivity index (χ1) is 5.99. The summed E-state index contributed by atoms with van der Waals surface area (Å²) in [4.78, 5) is 1.25. The Labute approximate surface area is 84.2 Å². The predicted molar refractivity (Wildman–Crippen MR) is 59.0 cm³/mol. The Morgan fingerprint density at radius 3 is 2.69 bits per heavy atom. The van der Waals surface area contributed by atoms with E-state index in [1.807, 2.05) is 6.07 Å². The first-order valence-electron chi connectivity index (χ1n) is 4.53. The van der Waals surface area contributed by atoms with Gasteiger partial charge >= 0.3 is 0 Å². The van der Waals surface area contributed by atoms with Crippen molar-refractivity contribution in [3.63, 3.8) is 0 Å². The van der Waals surface area contributed by atoms with E-state index in [2.05, 4.69) is 37.5 Å². The molecule has 0 aliphatic carbocycles. The van der Waals surface area contributed by atoms with Gasteiger partial charge in [0.05, 0.1) is 6.04 Å². The Kier molecular flexibility index (Phi) is 3.47. The van der Waals surface area contributed by atoms with Gasteiger partial charge in [0.15, 0.2) is 0 Å². The Hall–Kier alpha value is -0.380. The molecule has 0 saturated heterocycles. The summed E-state index contributed by atoms with van der Waals surface area (Å²) >= 11 is 1.72. The fourth-order valence-electron chi connectivity index (χ4n) is 1.02. The molecule has 1 rings (SSSR count). The minimum atomic E-state index is 0.124. The summed E-state index contributed by atoms with van der Waals surface area (Å²) in [5, 5.41) is 5.45. The molecule has 74 valence electrons. The molecule has 0 aliphatic rings. The number of rotatable bonds is 3. The largest absolute Gasteiger partial charge is 0.322 e. The summed E-state index contributed by atoms with van der Waals surface area (Å²) in [7, 11) is 0. The van der Waals surface area contributed by atoms with Gasteiger partial charge in [-0.15, -0.1) is 11.3 Å². The summed E-state index contributed by atoms with van der Waals surface area (Å²) < 4.78 is 0. The van der Waals surface area contributed by atoms with Crippen LogP contribution in [-0.4, -0.2) is 12.1 Å². The Balaban J connectivity index is 2.39. The van der Waals surface area contributed by atoms with Crippen molar-refractivity contribution in [2.24, 2.45) is 5.73 Å². The number of nitrogens with two attached hydrogens (primary N) is 1. The molecule has 0 saturated carbocycles. The average Bonchev–Trinajstić information content (AvgIpc) is 2.50. The highest BCUT2D eigenvalue weighted by Gasteiger charge is 2.12. The molecule has 0 aliphatic heterocycles. The Morgan fingerprint density at radius 2 is 2.23 bits per heavy atom. The van der Waals surface area contributed by atoms with Crippen LogP contribution in [0.25, 0.3) is 0 Å². The maximum atomic E-state index is 5.99. The van der Waals surface area contributed by atoms with Crippen LogP contribution in [0, 0.1) is 0 Å². The molecule has 2 nitrogen and oxygen atoms in total. The maximum Gasteiger partial charge on any atom is 0.0516 e. The lowest BCUT2D eigenvalue weighted by Crippen LogP contribution is -2.40. The van der Waals surface area contributed by atoms with Gasteiger partial charge in [-0.3, -0.25) is 0 Å². The lowest BCUT2D eigenvalue weighted by molar-refractivity contribution is 0.410. The van der Waals surface area contributed by atoms with E-state index in [4.69, 9.17) is 5.73 Å². The Bertz CT molecular complexity index is 236. The summed E-state index contributed by atoms with van der Waals surface area (Å²) in [6.07, 6.45) is 0. The molecule has 1 heterocycles. The molecular weight excluding hydrogens is 180 g/mol. The first kappa shape index (κ1) is 10.7. The third-order valence-electron chi connectivity index (χ3n) is 1.76. The highest BCUT2D eigenvalue weighted by molar-refractivity contribution is 7.10. The highest BCUT2D eigenvalue weighted by Crippen LogP contribution is 2.16. The highest BCUT2D eigenvalue weighted by atomic mass is 32.1. The third-order valence-corrected chi connectivity index (χ3v) is 2.77. The van der Waals surface area contributed by atoms with E-state index in [1.165, 1.54) is 4.88 Å². The zero-order chi connectivity index (χ0) is 9.90. The number of thiophene rings is 1. The van der Waals surface area contributed by atoms with Crippen LogP contribution in [0.3, 0.4) is 0 Å².